The van der Waals surface area contributed by atoms with Gasteiger partial charge in [-0.25, -0.2) is 4.79 Å². The fourth-order valence-electron chi connectivity index (χ4n) is 5.32. The normalized spacial score (nSPS) is 21.5. The van der Waals surface area contributed by atoms with E-state index in [1.165, 1.54) is 30.6 Å². The van der Waals surface area contributed by atoms with E-state index in [0.29, 0.717) is 38.6 Å². The molecule has 8 N–H and O–H groups in total. The standard InChI is InChI=1S/C28H47N7O9/c1-14(2)12-18(32-23(38)15(3)29)27(42)35-11-7-9-20(35)25(40)31-16(4)26(41)34-10-6-8-19(34)24(39)30-13-21(37)33-22(17(5)36)28(43)44/h14-20,22,36H,6-13,29H2,1-5H3,(H,30,39)(H,31,40)(H,32,38)(H,33,37)(H,43,44)/t15-,16-,17+,18-,19-,20-,22-/m0/s1. The molecule has 0 bridgehead atoms. The third-order valence-corrected chi connectivity index (χ3v) is 7.63. The molecule has 6 amide bonds. The summed E-state index contributed by atoms with van der Waals surface area (Å²) in [7, 11) is 0. The Balaban J connectivity index is 2.00. The van der Waals surface area contributed by atoms with E-state index in [4.69, 9.17) is 10.8 Å². The van der Waals surface area contributed by atoms with Crippen LogP contribution in [0.1, 0.15) is 66.7 Å². The van der Waals surface area contributed by atoms with E-state index in [1.807, 2.05) is 13.8 Å². The Morgan fingerprint density at radius 2 is 1.36 bits per heavy atom. The number of aliphatic carboxylic acids is 1. The van der Waals surface area contributed by atoms with Crippen molar-refractivity contribution < 1.29 is 43.8 Å². The molecule has 248 valence electrons. The summed E-state index contributed by atoms with van der Waals surface area (Å²) in [5, 5.41) is 28.5. The van der Waals surface area contributed by atoms with Crippen molar-refractivity contribution in [2.75, 3.05) is 19.6 Å². The summed E-state index contributed by atoms with van der Waals surface area (Å²) in [6.07, 6.45) is 0.771. The Morgan fingerprint density at radius 3 is 1.86 bits per heavy atom. The minimum absolute atomic E-state index is 0.0794. The van der Waals surface area contributed by atoms with Gasteiger partial charge < -0.3 is 47.0 Å². The molecule has 16 nitrogen and oxygen atoms in total. The summed E-state index contributed by atoms with van der Waals surface area (Å²) in [5.74, 6) is -4.71. The van der Waals surface area contributed by atoms with Crippen LogP contribution in [0.2, 0.25) is 0 Å². The van der Waals surface area contributed by atoms with Crippen molar-refractivity contribution >= 4 is 41.4 Å². The zero-order valence-corrected chi connectivity index (χ0v) is 26.0. The van der Waals surface area contributed by atoms with Gasteiger partial charge in [0.25, 0.3) is 0 Å². The molecule has 2 fully saturated rings. The van der Waals surface area contributed by atoms with Gasteiger partial charge in [-0.2, -0.15) is 0 Å². The molecule has 2 aliphatic rings. The number of nitrogens with two attached hydrogens (primary N) is 1. The highest BCUT2D eigenvalue weighted by Crippen LogP contribution is 2.22. The van der Waals surface area contributed by atoms with E-state index in [-0.39, 0.29) is 12.5 Å². The Hall–Kier alpha value is -3.79. The number of amides is 6. The van der Waals surface area contributed by atoms with E-state index < -0.39 is 90.3 Å². The minimum Gasteiger partial charge on any atom is -0.480 e. The number of carboxylic acid groups (broad SMARTS) is 1. The van der Waals surface area contributed by atoms with Gasteiger partial charge in [0, 0.05) is 13.1 Å². The lowest BCUT2D eigenvalue weighted by atomic mass is 10.0. The van der Waals surface area contributed by atoms with Crippen molar-refractivity contribution in [2.45, 2.75) is 109 Å². The predicted molar refractivity (Wildman–Crippen MR) is 156 cm³/mol. The quantitative estimate of drug-likeness (QED) is 0.106. The molecule has 2 rings (SSSR count). The predicted octanol–water partition coefficient (Wildman–Crippen LogP) is -2.58. The summed E-state index contributed by atoms with van der Waals surface area (Å²) in [5.41, 5.74) is 5.67. The van der Waals surface area contributed by atoms with Gasteiger partial charge in [-0.1, -0.05) is 13.8 Å². The first-order valence-corrected chi connectivity index (χ1v) is 15.0. The highest BCUT2D eigenvalue weighted by atomic mass is 16.4. The first-order chi connectivity index (χ1) is 20.5. The van der Waals surface area contributed by atoms with Gasteiger partial charge in [-0.15, -0.1) is 0 Å². The number of aliphatic hydroxyl groups excluding tert-OH is 1. The molecular weight excluding hydrogens is 578 g/mol. The van der Waals surface area contributed by atoms with Crippen LogP contribution in [0.15, 0.2) is 0 Å². The van der Waals surface area contributed by atoms with E-state index in [0.717, 1.165) is 0 Å². The number of carbonyl (C=O) groups excluding carboxylic acids is 6. The van der Waals surface area contributed by atoms with Crippen molar-refractivity contribution in [3.8, 4) is 0 Å². The van der Waals surface area contributed by atoms with Crippen LogP contribution in [0, 0.1) is 5.92 Å². The third kappa shape index (κ3) is 9.87. The molecule has 44 heavy (non-hydrogen) atoms. The lowest BCUT2D eigenvalue weighted by molar-refractivity contribution is -0.145. The molecule has 2 aliphatic heterocycles. The molecule has 0 aliphatic carbocycles. The number of likely N-dealkylation sites (tertiary alicyclic amines) is 2. The summed E-state index contributed by atoms with van der Waals surface area (Å²) < 4.78 is 0. The van der Waals surface area contributed by atoms with Crippen LogP contribution >= 0.6 is 0 Å². The Morgan fingerprint density at radius 1 is 0.818 bits per heavy atom. The second-order valence-corrected chi connectivity index (χ2v) is 11.9. The van der Waals surface area contributed by atoms with E-state index in [1.54, 1.807) is 0 Å². The average Bonchev–Trinajstić information content (AvgIpc) is 3.63. The first-order valence-electron chi connectivity index (χ1n) is 15.0. The molecule has 0 unspecified atom stereocenters. The minimum atomic E-state index is -1.55. The summed E-state index contributed by atoms with van der Waals surface area (Å²) in [6.45, 7) is 8.01. The number of aliphatic hydroxyl groups is 1. The van der Waals surface area contributed by atoms with Crippen molar-refractivity contribution in [1.29, 1.82) is 0 Å². The first kappa shape index (κ1) is 36.4. The van der Waals surface area contributed by atoms with Gasteiger partial charge in [0.05, 0.1) is 18.7 Å². The average molecular weight is 626 g/mol. The summed E-state index contributed by atoms with van der Waals surface area (Å²) in [6, 6.07) is -5.98. The fourth-order valence-corrected chi connectivity index (χ4v) is 5.32. The number of hydrogen-bond acceptors (Lipinski definition) is 9. The van der Waals surface area contributed by atoms with Crippen LogP contribution in [-0.4, -0.2) is 123 Å². The lowest BCUT2D eigenvalue weighted by Gasteiger charge is -2.31. The molecule has 2 heterocycles. The zero-order valence-electron chi connectivity index (χ0n) is 26.0. The molecule has 16 heteroatoms. The SMILES string of the molecule is CC(C)C[C@H](NC(=O)[C@H](C)N)C(=O)N1CCC[C@H]1C(=O)N[C@@H](C)C(=O)N1CCC[C@H]1C(=O)NCC(=O)N[C@H](C(=O)O)[C@@H](C)O. The Bertz CT molecular complexity index is 1100. The summed E-state index contributed by atoms with van der Waals surface area (Å²) >= 11 is 0. The van der Waals surface area contributed by atoms with Crippen LogP contribution in [-0.2, 0) is 33.6 Å². The van der Waals surface area contributed by atoms with Crippen LogP contribution in [0.3, 0.4) is 0 Å². The third-order valence-electron chi connectivity index (χ3n) is 7.63. The monoisotopic (exact) mass is 625 g/mol. The highest BCUT2D eigenvalue weighted by molar-refractivity contribution is 5.96. The highest BCUT2D eigenvalue weighted by Gasteiger charge is 2.41. The van der Waals surface area contributed by atoms with Gasteiger partial charge in [0.15, 0.2) is 6.04 Å². The molecule has 0 aromatic rings. The topological polar surface area (TPSA) is 241 Å². The fraction of sp³-hybridized carbons (Fsp3) is 0.750. The van der Waals surface area contributed by atoms with E-state index in [2.05, 4.69) is 21.3 Å². The maximum absolute atomic E-state index is 13.4. The van der Waals surface area contributed by atoms with Crippen molar-refractivity contribution in [3.05, 3.63) is 0 Å². The van der Waals surface area contributed by atoms with E-state index in [9.17, 15) is 38.7 Å². The number of nitrogens with one attached hydrogen (secondary N) is 4. The molecule has 0 aromatic heterocycles. The number of rotatable bonds is 14. The Kier molecular flexibility index (Phi) is 13.5. The number of hydrogen-bond donors (Lipinski definition) is 7. The summed E-state index contributed by atoms with van der Waals surface area (Å²) in [4.78, 5) is 91.1. The van der Waals surface area contributed by atoms with Gasteiger partial charge >= 0.3 is 5.97 Å². The van der Waals surface area contributed by atoms with Crippen LogP contribution < -0.4 is 27.0 Å². The maximum Gasteiger partial charge on any atom is 0.328 e. The Labute approximate surface area is 256 Å². The van der Waals surface area contributed by atoms with Gasteiger partial charge in [0.1, 0.15) is 24.2 Å². The molecule has 0 spiro atoms. The number of carbonyl (C=O) groups is 7. The molecule has 2 saturated heterocycles. The second-order valence-electron chi connectivity index (χ2n) is 11.9. The number of nitrogens with zero attached hydrogens (tertiary/aromatic N) is 2. The molecule has 7 atom stereocenters. The maximum atomic E-state index is 13.4. The molecular formula is C28H47N7O9. The van der Waals surface area contributed by atoms with Crippen molar-refractivity contribution in [2.24, 2.45) is 11.7 Å². The molecule has 0 aromatic carbocycles. The lowest BCUT2D eigenvalue weighted by Crippen LogP contribution is -2.58. The van der Waals surface area contributed by atoms with Gasteiger partial charge in [-0.3, -0.25) is 28.8 Å². The number of carboxylic acids is 1. The largest absolute Gasteiger partial charge is 0.480 e. The van der Waals surface area contributed by atoms with Crippen molar-refractivity contribution in [3.63, 3.8) is 0 Å². The smallest absolute Gasteiger partial charge is 0.328 e. The molecule has 0 saturated carbocycles. The zero-order chi connectivity index (χ0) is 33.3. The molecule has 0 radical (unpaired) electrons. The van der Waals surface area contributed by atoms with Crippen LogP contribution in [0.4, 0.5) is 0 Å². The van der Waals surface area contributed by atoms with E-state index >= 15 is 0 Å². The van der Waals surface area contributed by atoms with Crippen LogP contribution in [0.5, 0.6) is 0 Å². The second kappa shape index (κ2) is 16.3. The van der Waals surface area contributed by atoms with Gasteiger partial charge in [-0.05, 0) is 58.8 Å². The van der Waals surface area contributed by atoms with Gasteiger partial charge in [0.2, 0.25) is 35.4 Å². The van der Waals surface area contributed by atoms with Crippen molar-refractivity contribution in [1.82, 2.24) is 31.1 Å². The van der Waals surface area contributed by atoms with Crippen LogP contribution in [0.25, 0.3) is 0 Å².